The molecule has 9 heteroatoms. The quantitative estimate of drug-likeness (QED) is 0.818. The van der Waals surface area contributed by atoms with Gasteiger partial charge in [-0.2, -0.15) is 5.26 Å². The first kappa shape index (κ1) is 19.8. The first-order valence-corrected chi connectivity index (χ1v) is 10.8. The molecule has 2 heterocycles. The zero-order valence-corrected chi connectivity index (χ0v) is 16.5. The second-order valence-electron chi connectivity index (χ2n) is 6.68. The summed E-state index contributed by atoms with van der Waals surface area (Å²) in [6, 6.07) is 10.2. The summed E-state index contributed by atoms with van der Waals surface area (Å²) in [6.07, 6.45) is 0.442. The topological polar surface area (TPSA) is 116 Å². The van der Waals surface area contributed by atoms with Gasteiger partial charge in [0.05, 0.1) is 23.1 Å². The predicted molar refractivity (Wildman–Crippen MR) is 105 cm³/mol. The average Bonchev–Trinajstić information content (AvgIpc) is 3.01. The number of carbonyl (C=O) groups excluding carboxylic acids is 1. The van der Waals surface area contributed by atoms with Gasteiger partial charge in [0.2, 0.25) is 5.95 Å². The maximum absolute atomic E-state index is 13.0. The summed E-state index contributed by atoms with van der Waals surface area (Å²) in [4.78, 5) is 23.2. The summed E-state index contributed by atoms with van der Waals surface area (Å²) in [5.41, 5.74) is 1.94. The van der Waals surface area contributed by atoms with Gasteiger partial charge in [0.25, 0.3) is 5.91 Å². The number of carbonyl (C=O) groups is 1. The number of hydrogen-bond donors (Lipinski definition) is 1. The van der Waals surface area contributed by atoms with Crippen LogP contribution in [0.2, 0.25) is 0 Å². The molecule has 3 rings (SSSR count). The summed E-state index contributed by atoms with van der Waals surface area (Å²) in [6.45, 7) is 3.98. The van der Waals surface area contributed by atoms with E-state index in [-0.39, 0.29) is 35.1 Å². The Balaban J connectivity index is 1.85. The molecule has 1 atom stereocenters. The third kappa shape index (κ3) is 4.46. The molecule has 28 heavy (non-hydrogen) atoms. The number of nitrogens with zero attached hydrogens (tertiary/aromatic N) is 4. The molecule has 1 N–H and O–H groups in total. The van der Waals surface area contributed by atoms with Crippen LogP contribution in [0.1, 0.15) is 35.1 Å². The molecule has 1 aliphatic heterocycles. The van der Waals surface area contributed by atoms with Gasteiger partial charge in [0, 0.05) is 24.0 Å². The van der Waals surface area contributed by atoms with E-state index in [9.17, 15) is 13.2 Å². The van der Waals surface area contributed by atoms with Gasteiger partial charge in [-0.25, -0.2) is 18.4 Å². The summed E-state index contributed by atoms with van der Waals surface area (Å²) in [7, 11) is -3.10. The fourth-order valence-electron chi connectivity index (χ4n) is 3.27. The largest absolute Gasteiger partial charge is 0.334 e. The van der Waals surface area contributed by atoms with E-state index in [1.165, 1.54) is 0 Å². The van der Waals surface area contributed by atoms with Gasteiger partial charge in [-0.3, -0.25) is 4.79 Å². The zero-order valence-electron chi connectivity index (χ0n) is 15.7. The number of aromatic nitrogens is 2. The fraction of sp³-hybridized carbons (Fsp3) is 0.368. The Kier molecular flexibility index (Phi) is 5.61. The van der Waals surface area contributed by atoms with Crippen molar-refractivity contribution < 1.29 is 13.2 Å². The number of nitriles is 1. The van der Waals surface area contributed by atoms with E-state index in [2.05, 4.69) is 21.4 Å². The van der Waals surface area contributed by atoms with Crippen molar-refractivity contribution in [2.24, 2.45) is 0 Å². The van der Waals surface area contributed by atoms with E-state index >= 15 is 0 Å². The molecule has 0 bridgehead atoms. The van der Waals surface area contributed by atoms with Gasteiger partial charge in [0.1, 0.15) is 5.69 Å². The first-order chi connectivity index (χ1) is 13.3. The standard InChI is InChI=1S/C19H21N5O3S/c1-3-24(16-7-8-28(26,27)12-16)18(25)17-9-13(2)21-19(23-17)22-15-6-4-5-14(10-15)11-20/h4-6,9-10,16H,3,7-8,12H2,1-2H3,(H,21,22,23). The van der Waals surface area contributed by atoms with E-state index in [0.29, 0.717) is 29.9 Å². The Hall–Kier alpha value is -2.99. The molecule has 146 valence electrons. The third-order valence-corrected chi connectivity index (χ3v) is 6.32. The first-order valence-electron chi connectivity index (χ1n) is 8.95. The van der Waals surface area contributed by atoms with E-state index in [4.69, 9.17) is 5.26 Å². The highest BCUT2D eigenvalue weighted by atomic mass is 32.2. The molecule has 1 fully saturated rings. The number of benzene rings is 1. The monoisotopic (exact) mass is 399 g/mol. The fourth-order valence-corrected chi connectivity index (χ4v) is 5.00. The van der Waals surface area contributed by atoms with E-state index < -0.39 is 9.84 Å². The molecule has 8 nitrogen and oxygen atoms in total. The number of anilines is 2. The molecule has 1 aliphatic rings. The lowest BCUT2D eigenvalue weighted by molar-refractivity contribution is 0.0702. The SMILES string of the molecule is CCN(C(=O)c1cc(C)nc(Nc2cccc(C#N)c2)n1)C1CCS(=O)(=O)C1. The van der Waals surface area contributed by atoms with E-state index in [1.807, 2.05) is 6.92 Å². The van der Waals surface area contributed by atoms with Crippen LogP contribution in [0.25, 0.3) is 0 Å². The molecule has 0 radical (unpaired) electrons. The van der Waals surface area contributed by atoms with Crippen LogP contribution in [0.5, 0.6) is 0 Å². The van der Waals surface area contributed by atoms with Crippen LogP contribution in [0.4, 0.5) is 11.6 Å². The summed E-state index contributed by atoms with van der Waals surface area (Å²) < 4.78 is 23.6. The number of hydrogen-bond acceptors (Lipinski definition) is 7. The number of sulfone groups is 1. The van der Waals surface area contributed by atoms with Crippen molar-refractivity contribution in [2.75, 3.05) is 23.4 Å². The van der Waals surface area contributed by atoms with Crippen molar-refractivity contribution in [1.29, 1.82) is 5.26 Å². The molecule has 1 saturated heterocycles. The molecular formula is C19H21N5O3S. The molecule has 1 unspecified atom stereocenters. The summed E-state index contributed by atoms with van der Waals surface area (Å²) >= 11 is 0. The average molecular weight is 399 g/mol. The number of aryl methyl sites for hydroxylation is 1. The van der Waals surface area contributed by atoms with Crippen molar-refractivity contribution in [3.05, 3.63) is 47.3 Å². The number of nitrogens with one attached hydrogen (secondary N) is 1. The van der Waals surface area contributed by atoms with Crippen molar-refractivity contribution in [1.82, 2.24) is 14.9 Å². The summed E-state index contributed by atoms with van der Waals surface area (Å²) in [5.74, 6) is 0.0205. The highest BCUT2D eigenvalue weighted by Gasteiger charge is 2.34. The van der Waals surface area contributed by atoms with Gasteiger partial charge in [-0.1, -0.05) is 6.07 Å². The van der Waals surface area contributed by atoms with Crippen LogP contribution in [-0.2, 0) is 9.84 Å². The van der Waals surface area contributed by atoms with Crippen LogP contribution in [0, 0.1) is 18.3 Å². The molecule has 1 aromatic heterocycles. The number of amides is 1. The lowest BCUT2D eigenvalue weighted by Crippen LogP contribution is -2.41. The second-order valence-corrected chi connectivity index (χ2v) is 8.91. The van der Waals surface area contributed by atoms with Crippen molar-refractivity contribution in [2.45, 2.75) is 26.3 Å². The molecule has 0 saturated carbocycles. The lowest BCUT2D eigenvalue weighted by atomic mass is 10.2. The van der Waals surface area contributed by atoms with Crippen LogP contribution < -0.4 is 5.32 Å². The highest BCUT2D eigenvalue weighted by Crippen LogP contribution is 2.21. The normalized spacial score (nSPS) is 17.7. The highest BCUT2D eigenvalue weighted by molar-refractivity contribution is 7.91. The van der Waals surface area contributed by atoms with Crippen LogP contribution in [-0.4, -0.2) is 53.3 Å². The Morgan fingerprint density at radius 3 is 2.79 bits per heavy atom. The predicted octanol–water partition coefficient (Wildman–Crippen LogP) is 2.05. The zero-order chi connectivity index (χ0) is 20.3. The van der Waals surface area contributed by atoms with Gasteiger partial charge in [0.15, 0.2) is 9.84 Å². The van der Waals surface area contributed by atoms with Gasteiger partial charge < -0.3 is 10.2 Å². The number of rotatable bonds is 5. The Morgan fingerprint density at radius 1 is 1.36 bits per heavy atom. The minimum absolute atomic E-state index is 0.0112. The lowest BCUT2D eigenvalue weighted by Gasteiger charge is -2.26. The van der Waals surface area contributed by atoms with Gasteiger partial charge >= 0.3 is 0 Å². The molecule has 1 aromatic carbocycles. The second kappa shape index (κ2) is 7.94. The summed E-state index contributed by atoms with van der Waals surface area (Å²) in [5, 5.41) is 12.0. The van der Waals surface area contributed by atoms with Crippen LogP contribution in [0.15, 0.2) is 30.3 Å². The van der Waals surface area contributed by atoms with Gasteiger partial charge in [-0.05, 0) is 44.5 Å². The van der Waals surface area contributed by atoms with Crippen LogP contribution >= 0.6 is 0 Å². The van der Waals surface area contributed by atoms with E-state index in [0.717, 1.165) is 0 Å². The maximum Gasteiger partial charge on any atom is 0.272 e. The molecule has 0 aliphatic carbocycles. The smallest absolute Gasteiger partial charge is 0.272 e. The Morgan fingerprint density at radius 2 is 2.14 bits per heavy atom. The van der Waals surface area contributed by atoms with Crippen molar-refractivity contribution >= 4 is 27.4 Å². The molecule has 1 amide bonds. The Labute approximate surface area is 164 Å². The minimum atomic E-state index is -3.10. The molecular weight excluding hydrogens is 378 g/mol. The minimum Gasteiger partial charge on any atom is -0.334 e. The van der Waals surface area contributed by atoms with Crippen LogP contribution in [0.3, 0.4) is 0 Å². The maximum atomic E-state index is 13.0. The van der Waals surface area contributed by atoms with Gasteiger partial charge in [-0.15, -0.1) is 0 Å². The molecule has 0 spiro atoms. The van der Waals surface area contributed by atoms with Crippen molar-refractivity contribution in [3.8, 4) is 6.07 Å². The Bertz CT molecular complexity index is 1050. The van der Waals surface area contributed by atoms with Crippen molar-refractivity contribution in [3.63, 3.8) is 0 Å². The van der Waals surface area contributed by atoms with E-state index in [1.54, 1.807) is 42.2 Å². The third-order valence-electron chi connectivity index (χ3n) is 4.57. The molecule has 2 aromatic rings.